The van der Waals surface area contributed by atoms with E-state index in [1.165, 1.54) is 13.0 Å². The van der Waals surface area contributed by atoms with Crippen LogP contribution in [-0.4, -0.2) is 12.1 Å². The van der Waals surface area contributed by atoms with E-state index in [-0.39, 0.29) is 11.3 Å². The van der Waals surface area contributed by atoms with Crippen LogP contribution in [0.3, 0.4) is 0 Å². The minimum atomic E-state index is -4.78. The number of aromatic amines is 1. The third kappa shape index (κ3) is 2.90. The minimum absolute atomic E-state index is 0.255. The Morgan fingerprint density at radius 1 is 1.30 bits per heavy atom. The van der Waals surface area contributed by atoms with Crippen molar-refractivity contribution in [1.82, 2.24) is 4.98 Å². The Morgan fingerprint density at radius 2 is 1.96 bits per heavy atom. The molecule has 0 unspecified atom stereocenters. The lowest BCUT2D eigenvalue weighted by molar-refractivity contribution is -0.138. The van der Waals surface area contributed by atoms with Gasteiger partial charge < -0.3 is 9.72 Å². The number of aromatic nitrogens is 1. The summed E-state index contributed by atoms with van der Waals surface area (Å²) in [7, 11) is 0.958. The summed E-state index contributed by atoms with van der Waals surface area (Å²) in [6, 6.07) is 3.97. The molecule has 0 saturated heterocycles. The molecule has 0 aliphatic heterocycles. The van der Waals surface area contributed by atoms with Crippen LogP contribution in [0.15, 0.2) is 23.0 Å². The van der Waals surface area contributed by atoms with Gasteiger partial charge in [0.05, 0.1) is 18.2 Å². The van der Waals surface area contributed by atoms with Gasteiger partial charge in [0.1, 0.15) is 23.2 Å². The SMILES string of the molecule is COc1c(C(F)(F)F)ccc(F)c1-c1cc(C)[nH]c(=O)c1C#N. The fraction of sp³-hybridized carbons (Fsp3) is 0.200. The van der Waals surface area contributed by atoms with Gasteiger partial charge in [-0.25, -0.2) is 4.39 Å². The highest BCUT2D eigenvalue weighted by atomic mass is 19.4. The Bertz CT molecular complexity index is 863. The van der Waals surface area contributed by atoms with E-state index >= 15 is 0 Å². The number of halogens is 4. The molecule has 8 heteroatoms. The van der Waals surface area contributed by atoms with E-state index in [4.69, 9.17) is 10.00 Å². The number of pyridine rings is 1. The molecule has 1 heterocycles. The molecular weight excluding hydrogens is 316 g/mol. The number of nitrogens with one attached hydrogen (secondary N) is 1. The van der Waals surface area contributed by atoms with E-state index in [0.717, 1.165) is 7.11 Å². The summed E-state index contributed by atoms with van der Waals surface area (Å²) < 4.78 is 58.1. The van der Waals surface area contributed by atoms with E-state index < -0.39 is 40.0 Å². The van der Waals surface area contributed by atoms with Gasteiger partial charge >= 0.3 is 6.18 Å². The summed E-state index contributed by atoms with van der Waals surface area (Å²) in [5, 5.41) is 9.08. The van der Waals surface area contributed by atoms with Gasteiger partial charge in [0.2, 0.25) is 0 Å². The molecule has 0 radical (unpaired) electrons. The quantitative estimate of drug-likeness (QED) is 0.860. The maximum Gasteiger partial charge on any atom is 0.419 e. The number of nitrogens with zero attached hydrogens (tertiary/aromatic N) is 1. The van der Waals surface area contributed by atoms with Crippen LogP contribution >= 0.6 is 0 Å². The zero-order valence-electron chi connectivity index (χ0n) is 12.0. The summed E-state index contributed by atoms with van der Waals surface area (Å²) in [6.07, 6.45) is -4.78. The number of aryl methyl sites for hydroxylation is 1. The number of hydrogen-bond acceptors (Lipinski definition) is 3. The van der Waals surface area contributed by atoms with E-state index in [9.17, 15) is 22.4 Å². The van der Waals surface area contributed by atoms with Gasteiger partial charge in [-0.15, -0.1) is 0 Å². The monoisotopic (exact) mass is 326 g/mol. The van der Waals surface area contributed by atoms with Crippen LogP contribution in [0, 0.1) is 24.1 Å². The number of rotatable bonds is 2. The van der Waals surface area contributed by atoms with Gasteiger partial charge in [0, 0.05) is 11.3 Å². The largest absolute Gasteiger partial charge is 0.495 e. The minimum Gasteiger partial charge on any atom is -0.495 e. The zero-order chi connectivity index (χ0) is 17.4. The van der Waals surface area contributed by atoms with Crippen molar-refractivity contribution in [1.29, 1.82) is 5.26 Å². The van der Waals surface area contributed by atoms with Crippen LogP contribution in [-0.2, 0) is 6.18 Å². The Morgan fingerprint density at radius 3 is 2.48 bits per heavy atom. The summed E-state index contributed by atoms with van der Waals surface area (Å²) >= 11 is 0. The van der Waals surface area contributed by atoms with Crippen LogP contribution in [0.2, 0.25) is 0 Å². The number of nitriles is 1. The fourth-order valence-electron chi connectivity index (χ4n) is 2.24. The zero-order valence-corrected chi connectivity index (χ0v) is 12.0. The standard InChI is InChI=1S/C15H10F4N2O2/c1-7-5-8(9(6-20)14(22)21-7)12-11(16)4-3-10(13(12)23-2)15(17,18)19/h3-5H,1-2H3,(H,21,22). The van der Waals surface area contributed by atoms with Crippen molar-refractivity contribution in [2.45, 2.75) is 13.1 Å². The highest BCUT2D eigenvalue weighted by Gasteiger charge is 2.37. The van der Waals surface area contributed by atoms with Crippen LogP contribution in [0.4, 0.5) is 17.6 Å². The molecule has 0 spiro atoms. The number of hydrogen-bond donors (Lipinski definition) is 1. The number of alkyl halides is 3. The lowest BCUT2D eigenvalue weighted by Gasteiger charge is -2.17. The van der Waals surface area contributed by atoms with Gasteiger partial charge in [-0.1, -0.05) is 0 Å². The fourth-order valence-corrected chi connectivity index (χ4v) is 2.24. The Kier molecular flexibility index (Phi) is 4.14. The molecule has 0 atom stereocenters. The molecule has 120 valence electrons. The lowest BCUT2D eigenvalue weighted by Crippen LogP contribution is -2.14. The molecule has 0 bridgehead atoms. The Labute approximate surface area is 127 Å². The second-order valence-corrected chi connectivity index (χ2v) is 4.68. The van der Waals surface area contributed by atoms with Gasteiger partial charge in [-0.05, 0) is 25.1 Å². The summed E-state index contributed by atoms with van der Waals surface area (Å²) in [6.45, 7) is 1.46. The van der Waals surface area contributed by atoms with Crippen molar-refractivity contribution in [3.05, 3.63) is 51.2 Å². The molecule has 4 nitrogen and oxygen atoms in total. The third-order valence-corrected chi connectivity index (χ3v) is 3.17. The molecule has 0 aliphatic carbocycles. The van der Waals surface area contributed by atoms with Crippen molar-refractivity contribution in [3.63, 3.8) is 0 Å². The van der Waals surface area contributed by atoms with Crippen molar-refractivity contribution in [3.8, 4) is 22.9 Å². The van der Waals surface area contributed by atoms with Crippen LogP contribution < -0.4 is 10.3 Å². The number of H-pyrrole nitrogens is 1. The molecule has 1 N–H and O–H groups in total. The maximum atomic E-state index is 14.2. The topological polar surface area (TPSA) is 65.9 Å². The average molecular weight is 326 g/mol. The first-order valence-corrected chi connectivity index (χ1v) is 6.28. The first-order chi connectivity index (χ1) is 10.7. The Hall–Kier alpha value is -2.82. The molecule has 0 aliphatic rings. The van der Waals surface area contributed by atoms with Crippen molar-refractivity contribution >= 4 is 0 Å². The maximum absolute atomic E-state index is 14.2. The van der Waals surface area contributed by atoms with E-state index in [0.29, 0.717) is 12.1 Å². The first kappa shape index (κ1) is 16.5. The van der Waals surface area contributed by atoms with Crippen molar-refractivity contribution < 1.29 is 22.3 Å². The normalized spacial score (nSPS) is 11.2. The van der Waals surface area contributed by atoms with Crippen molar-refractivity contribution in [2.75, 3.05) is 7.11 Å². The van der Waals surface area contributed by atoms with Crippen molar-refractivity contribution in [2.24, 2.45) is 0 Å². The first-order valence-electron chi connectivity index (χ1n) is 6.28. The van der Waals surface area contributed by atoms with E-state index in [1.54, 1.807) is 6.07 Å². The summed E-state index contributed by atoms with van der Waals surface area (Å²) in [4.78, 5) is 14.1. The molecule has 0 amide bonds. The Balaban J connectivity index is 2.95. The molecule has 2 aromatic rings. The number of ether oxygens (including phenoxy) is 1. The molecule has 0 saturated carbocycles. The second kappa shape index (κ2) is 5.76. The molecule has 0 fully saturated rings. The molecular formula is C15H10F4N2O2. The number of benzene rings is 1. The highest BCUT2D eigenvalue weighted by molar-refractivity contribution is 5.77. The number of methoxy groups -OCH3 is 1. The third-order valence-electron chi connectivity index (χ3n) is 3.17. The van der Waals surface area contributed by atoms with Crippen LogP contribution in [0.25, 0.3) is 11.1 Å². The summed E-state index contributed by atoms with van der Waals surface area (Å²) in [5.74, 6) is -1.81. The highest BCUT2D eigenvalue weighted by Crippen LogP contribution is 2.43. The predicted molar refractivity (Wildman–Crippen MR) is 73.5 cm³/mol. The second-order valence-electron chi connectivity index (χ2n) is 4.68. The van der Waals surface area contributed by atoms with Gasteiger partial charge in [0.25, 0.3) is 5.56 Å². The van der Waals surface area contributed by atoms with Crippen LogP contribution in [0.1, 0.15) is 16.8 Å². The smallest absolute Gasteiger partial charge is 0.419 e. The van der Waals surface area contributed by atoms with Gasteiger partial charge in [-0.3, -0.25) is 4.79 Å². The molecule has 1 aromatic heterocycles. The average Bonchev–Trinajstić information content (AvgIpc) is 2.44. The lowest BCUT2D eigenvalue weighted by atomic mass is 9.97. The molecule has 1 aromatic carbocycles. The molecule has 23 heavy (non-hydrogen) atoms. The van der Waals surface area contributed by atoms with Gasteiger partial charge in [0.15, 0.2) is 0 Å². The van der Waals surface area contributed by atoms with E-state index in [2.05, 4.69) is 4.98 Å². The van der Waals surface area contributed by atoms with Crippen LogP contribution in [0.5, 0.6) is 5.75 Å². The molecule has 2 rings (SSSR count). The van der Waals surface area contributed by atoms with E-state index in [1.807, 2.05) is 0 Å². The summed E-state index contributed by atoms with van der Waals surface area (Å²) in [5.41, 5.74) is -3.07. The predicted octanol–water partition coefficient (Wildman–Crippen LogP) is 3.39. The van der Waals surface area contributed by atoms with Gasteiger partial charge in [-0.2, -0.15) is 18.4 Å².